The van der Waals surface area contributed by atoms with Crippen LogP contribution in [0.5, 0.6) is 0 Å². The molecule has 4 rings (SSSR count). The number of ketones is 1. The monoisotopic (exact) mass is 378 g/mol. The molecule has 1 aromatic carbocycles. The van der Waals surface area contributed by atoms with Gasteiger partial charge in [-0.25, -0.2) is 4.39 Å². The summed E-state index contributed by atoms with van der Waals surface area (Å²) in [6.07, 6.45) is 10.6. The van der Waals surface area contributed by atoms with Crippen molar-refractivity contribution in [3.63, 3.8) is 0 Å². The number of fused-ring (bicyclic) bond motifs is 1. The van der Waals surface area contributed by atoms with Crippen LogP contribution in [-0.2, 0) is 9.59 Å². The highest BCUT2D eigenvalue weighted by Gasteiger charge is 2.47. The first-order valence-corrected chi connectivity index (χ1v) is 9.81. The molecule has 4 atom stereocenters. The van der Waals surface area contributed by atoms with Crippen LogP contribution < -0.4 is 5.32 Å². The molecule has 0 radical (unpaired) electrons. The van der Waals surface area contributed by atoms with E-state index in [0.29, 0.717) is 0 Å². The van der Waals surface area contributed by atoms with E-state index in [2.05, 4.69) is 10.3 Å². The van der Waals surface area contributed by atoms with Crippen LogP contribution in [0.2, 0.25) is 0 Å². The number of allylic oxidation sites excluding steroid dienone is 1. The molecule has 1 saturated heterocycles. The number of amides is 1. The summed E-state index contributed by atoms with van der Waals surface area (Å²) in [4.78, 5) is 30.0. The molecular formula is C23H23FN2O2. The minimum atomic E-state index is -0.794. The van der Waals surface area contributed by atoms with Gasteiger partial charge in [0.05, 0.1) is 0 Å². The molecule has 1 aliphatic heterocycles. The molecule has 1 aliphatic carbocycles. The number of nitrogens with one attached hydrogen (secondary N) is 1. The average molecular weight is 378 g/mol. The van der Waals surface area contributed by atoms with Gasteiger partial charge in [0.15, 0.2) is 5.78 Å². The van der Waals surface area contributed by atoms with Gasteiger partial charge in [0.25, 0.3) is 0 Å². The van der Waals surface area contributed by atoms with Gasteiger partial charge in [-0.15, -0.1) is 0 Å². The van der Waals surface area contributed by atoms with Crippen LogP contribution in [-0.4, -0.2) is 22.7 Å². The standard InChI is InChI=1S/C23H23FN2O2/c24-17-10-8-16(9-11-17)21-18-5-1-2-6-19(18)26-23(28)22(21)20(27)12-7-15-4-3-13-25-14-15/h3-4,7-14,18-19,21-22H,1-2,5-6H2,(H,26,28)/b12-7+. The Balaban J connectivity index is 1.67. The Kier molecular flexibility index (Phi) is 5.33. The van der Waals surface area contributed by atoms with Crippen LogP contribution >= 0.6 is 0 Å². The first kappa shape index (κ1) is 18.5. The smallest absolute Gasteiger partial charge is 0.231 e. The van der Waals surface area contributed by atoms with Crippen molar-refractivity contribution >= 4 is 17.8 Å². The summed E-state index contributed by atoms with van der Waals surface area (Å²) in [5.41, 5.74) is 1.67. The predicted octanol–water partition coefficient (Wildman–Crippen LogP) is 3.89. The molecule has 0 bridgehead atoms. The van der Waals surface area contributed by atoms with Crippen molar-refractivity contribution in [1.29, 1.82) is 0 Å². The lowest BCUT2D eigenvalue weighted by Gasteiger charge is -2.45. The number of nitrogens with zero attached hydrogens (tertiary/aromatic N) is 1. The van der Waals surface area contributed by atoms with E-state index in [-0.39, 0.29) is 35.4 Å². The molecule has 4 nitrogen and oxygen atoms in total. The molecule has 1 amide bonds. The molecule has 2 fully saturated rings. The number of carbonyl (C=O) groups is 2. The fraction of sp³-hybridized carbons (Fsp3) is 0.348. The van der Waals surface area contributed by atoms with Gasteiger partial charge in [0.2, 0.25) is 5.91 Å². The molecule has 1 saturated carbocycles. The normalized spacial score (nSPS) is 27.2. The number of benzene rings is 1. The SMILES string of the molecule is O=C(/C=C/c1cccnc1)C1C(=O)NC2CCCCC2C1c1ccc(F)cc1. The highest BCUT2D eigenvalue weighted by molar-refractivity contribution is 6.09. The summed E-state index contributed by atoms with van der Waals surface area (Å²) >= 11 is 0. The molecule has 5 heteroatoms. The van der Waals surface area contributed by atoms with Crippen LogP contribution in [0.3, 0.4) is 0 Å². The summed E-state index contributed by atoms with van der Waals surface area (Å²) in [6, 6.07) is 9.99. The highest BCUT2D eigenvalue weighted by Crippen LogP contribution is 2.44. The van der Waals surface area contributed by atoms with Gasteiger partial charge in [0, 0.05) is 24.4 Å². The largest absolute Gasteiger partial charge is 0.352 e. The van der Waals surface area contributed by atoms with Gasteiger partial charge in [-0.2, -0.15) is 0 Å². The fourth-order valence-electron chi connectivity index (χ4n) is 4.64. The van der Waals surface area contributed by atoms with Crippen LogP contribution in [0.15, 0.2) is 54.9 Å². The summed E-state index contributed by atoms with van der Waals surface area (Å²) in [5, 5.41) is 3.08. The predicted molar refractivity (Wildman–Crippen MR) is 105 cm³/mol. The maximum absolute atomic E-state index is 13.5. The molecule has 4 unspecified atom stereocenters. The van der Waals surface area contributed by atoms with Gasteiger partial charge in [-0.1, -0.05) is 31.0 Å². The third-order valence-corrected chi connectivity index (χ3v) is 5.94. The van der Waals surface area contributed by atoms with E-state index in [4.69, 9.17) is 0 Å². The van der Waals surface area contributed by atoms with Crippen molar-refractivity contribution in [3.8, 4) is 0 Å². The molecule has 2 heterocycles. The second-order valence-electron chi connectivity index (χ2n) is 7.64. The summed E-state index contributed by atoms with van der Waals surface area (Å²) in [5.74, 6) is -1.59. The third-order valence-electron chi connectivity index (χ3n) is 5.94. The molecular weight excluding hydrogens is 355 g/mol. The second-order valence-corrected chi connectivity index (χ2v) is 7.64. The topological polar surface area (TPSA) is 59.1 Å². The Morgan fingerprint density at radius 2 is 1.93 bits per heavy atom. The summed E-state index contributed by atoms with van der Waals surface area (Å²) in [7, 11) is 0. The number of piperidine rings is 1. The van der Waals surface area contributed by atoms with Crippen molar-refractivity contribution in [2.45, 2.75) is 37.6 Å². The van der Waals surface area contributed by atoms with E-state index in [1.54, 1.807) is 36.7 Å². The number of rotatable bonds is 4. The van der Waals surface area contributed by atoms with Gasteiger partial charge < -0.3 is 5.32 Å². The van der Waals surface area contributed by atoms with Crippen molar-refractivity contribution in [1.82, 2.24) is 10.3 Å². The van der Waals surface area contributed by atoms with E-state index >= 15 is 0 Å². The van der Waals surface area contributed by atoms with Crippen LogP contribution in [0, 0.1) is 17.7 Å². The van der Waals surface area contributed by atoms with Crippen LogP contribution in [0.4, 0.5) is 4.39 Å². The Bertz CT molecular complexity index is 879. The number of hydrogen-bond acceptors (Lipinski definition) is 3. The third kappa shape index (κ3) is 3.75. The maximum atomic E-state index is 13.5. The zero-order valence-electron chi connectivity index (χ0n) is 15.6. The van der Waals surface area contributed by atoms with E-state index in [1.807, 2.05) is 6.07 Å². The average Bonchev–Trinajstić information content (AvgIpc) is 2.72. The number of halogens is 1. The van der Waals surface area contributed by atoms with E-state index in [9.17, 15) is 14.0 Å². The van der Waals surface area contributed by atoms with Crippen molar-refractivity contribution in [2.24, 2.45) is 11.8 Å². The van der Waals surface area contributed by atoms with Crippen LogP contribution in [0.25, 0.3) is 6.08 Å². The maximum Gasteiger partial charge on any atom is 0.231 e. The minimum Gasteiger partial charge on any atom is -0.352 e. The van der Waals surface area contributed by atoms with E-state index in [0.717, 1.165) is 36.8 Å². The molecule has 2 aromatic rings. The number of hydrogen-bond donors (Lipinski definition) is 1. The lowest BCUT2D eigenvalue weighted by atomic mass is 9.64. The number of pyridine rings is 1. The Morgan fingerprint density at radius 3 is 2.68 bits per heavy atom. The van der Waals surface area contributed by atoms with Gasteiger partial charge in [-0.05, 0) is 60.2 Å². The fourth-order valence-corrected chi connectivity index (χ4v) is 4.64. The number of carbonyl (C=O) groups excluding carboxylic acids is 2. The molecule has 2 aliphatic rings. The quantitative estimate of drug-likeness (QED) is 0.649. The van der Waals surface area contributed by atoms with Crippen molar-refractivity contribution in [3.05, 3.63) is 71.8 Å². The second kappa shape index (κ2) is 8.05. The van der Waals surface area contributed by atoms with E-state index in [1.165, 1.54) is 18.2 Å². The molecule has 28 heavy (non-hydrogen) atoms. The molecule has 1 N–H and O–H groups in total. The zero-order valence-corrected chi connectivity index (χ0v) is 15.6. The van der Waals surface area contributed by atoms with Gasteiger partial charge >= 0.3 is 0 Å². The summed E-state index contributed by atoms with van der Waals surface area (Å²) < 4.78 is 13.5. The van der Waals surface area contributed by atoms with Crippen molar-refractivity contribution in [2.75, 3.05) is 0 Å². The first-order valence-electron chi connectivity index (χ1n) is 9.81. The zero-order chi connectivity index (χ0) is 19.5. The van der Waals surface area contributed by atoms with Crippen LogP contribution in [0.1, 0.15) is 42.7 Å². The Hall–Kier alpha value is -2.82. The molecule has 1 aromatic heterocycles. The first-order chi connectivity index (χ1) is 13.6. The lowest BCUT2D eigenvalue weighted by Crippen LogP contribution is -2.56. The summed E-state index contributed by atoms with van der Waals surface area (Å²) in [6.45, 7) is 0. The van der Waals surface area contributed by atoms with E-state index < -0.39 is 5.92 Å². The number of aromatic nitrogens is 1. The minimum absolute atomic E-state index is 0.0858. The Morgan fingerprint density at radius 1 is 1.14 bits per heavy atom. The molecule has 144 valence electrons. The van der Waals surface area contributed by atoms with Gasteiger partial charge in [0.1, 0.15) is 11.7 Å². The lowest BCUT2D eigenvalue weighted by molar-refractivity contribution is -0.137. The molecule has 0 spiro atoms. The highest BCUT2D eigenvalue weighted by atomic mass is 19.1. The Labute approximate surface area is 163 Å². The van der Waals surface area contributed by atoms with Crippen molar-refractivity contribution < 1.29 is 14.0 Å². The van der Waals surface area contributed by atoms with Gasteiger partial charge in [-0.3, -0.25) is 14.6 Å².